The molecule has 2 amide bonds. The quantitative estimate of drug-likeness (QED) is 0.832. The fraction of sp³-hybridized carbons (Fsp3) is 0.357. The molecule has 1 saturated carbocycles. The van der Waals surface area contributed by atoms with Crippen molar-refractivity contribution < 1.29 is 13.6 Å². The lowest BCUT2D eigenvalue weighted by molar-refractivity contribution is 0.150. The molecule has 1 atom stereocenters. The van der Waals surface area contributed by atoms with Crippen molar-refractivity contribution in [1.82, 2.24) is 15.5 Å². The highest BCUT2D eigenvalue weighted by Gasteiger charge is 2.33. The van der Waals surface area contributed by atoms with Crippen LogP contribution in [0.3, 0.4) is 0 Å². The van der Waals surface area contributed by atoms with E-state index in [0.29, 0.717) is 22.3 Å². The molecule has 23 heavy (non-hydrogen) atoms. The van der Waals surface area contributed by atoms with Crippen molar-refractivity contribution in [1.29, 1.82) is 0 Å². The minimum atomic E-state index is -2.70. The summed E-state index contributed by atoms with van der Waals surface area (Å²) in [6.07, 6.45) is -0.636. The first-order chi connectivity index (χ1) is 11.0. The number of halogens is 3. The Morgan fingerprint density at radius 3 is 2.52 bits per heavy atom. The van der Waals surface area contributed by atoms with Gasteiger partial charge in [0.2, 0.25) is 5.13 Å². The molecule has 0 bridgehead atoms. The molecule has 0 spiro atoms. The topological polar surface area (TPSA) is 66.9 Å². The zero-order chi connectivity index (χ0) is 16.4. The molecule has 3 rings (SSSR count). The maximum absolute atomic E-state index is 12.5. The standard InChI is InChI=1S/C14H13ClF2N4OS/c15-9-5-3-8(4-6-9)10(7-1-2-7)18-13(22)19-14-21-20-12(23-14)11(16)17/h3-7,10-11H,1-2H2,(H2,18,19,21,22). The minimum absolute atomic E-state index is 0.0449. The van der Waals surface area contributed by atoms with Crippen LogP contribution in [0.4, 0.5) is 18.7 Å². The van der Waals surface area contributed by atoms with Crippen LogP contribution in [0, 0.1) is 5.92 Å². The third-order valence-electron chi connectivity index (χ3n) is 3.46. The Hall–Kier alpha value is -1.80. The number of urea groups is 1. The number of amides is 2. The van der Waals surface area contributed by atoms with E-state index in [1.54, 1.807) is 12.1 Å². The molecule has 0 saturated heterocycles. The second kappa shape index (κ2) is 6.76. The van der Waals surface area contributed by atoms with Crippen molar-refractivity contribution in [2.45, 2.75) is 25.3 Å². The van der Waals surface area contributed by atoms with E-state index >= 15 is 0 Å². The third-order valence-corrected chi connectivity index (χ3v) is 4.55. The van der Waals surface area contributed by atoms with Gasteiger partial charge in [0, 0.05) is 5.02 Å². The van der Waals surface area contributed by atoms with E-state index in [4.69, 9.17) is 11.6 Å². The molecular weight excluding hydrogens is 346 g/mol. The number of hydrogen-bond acceptors (Lipinski definition) is 4. The highest BCUT2D eigenvalue weighted by molar-refractivity contribution is 7.15. The fourth-order valence-electron chi connectivity index (χ4n) is 2.22. The third kappa shape index (κ3) is 4.14. The van der Waals surface area contributed by atoms with Gasteiger partial charge in [-0.15, -0.1) is 10.2 Å². The van der Waals surface area contributed by atoms with Gasteiger partial charge in [-0.05, 0) is 36.5 Å². The van der Waals surface area contributed by atoms with Crippen LogP contribution in [-0.2, 0) is 0 Å². The average Bonchev–Trinajstić information content (AvgIpc) is 3.25. The summed E-state index contributed by atoms with van der Waals surface area (Å²) in [5.74, 6) is 0.368. The normalized spacial score (nSPS) is 15.5. The van der Waals surface area contributed by atoms with Crippen LogP contribution in [0.15, 0.2) is 24.3 Å². The number of nitrogens with zero attached hydrogens (tertiary/aromatic N) is 2. The predicted octanol–water partition coefficient (Wildman–Crippen LogP) is 4.40. The van der Waals surface area contributed by atoms with Crippen LogP contribution < -0.4 is 10.6 Å². The number of aromatic nitrogens is 2. The monoisotopic (exact) mass is 358 g/mol. The number of alkyl halides is 2. The molecule has 1 aliphatic carbocycles. The molecule has 1 fully saturated rings. The smallest absolute Gasteiger partial charge is 0.321 e. The van der Waals surface area contributed by atoms with Gasteiger partial charge in [0.05, 0.1) is 6.04 Å². The number of carbonyl (C=O) groups excluding carboxylic acids is 1. The van der Waals surface area contributed by atoms with Gasteiger partial charge < -0.3 is 5.32 Å². The Bertz CT molecular complexity index is 690. The van der Waals surface area contributed by atoms with E-state index in [1.165, 1.54) is 0 Å². The first-order valence-electron chi connectivity index (χ1n) is 6.97. The molecule has 1 aliphatic rings. The SMILES string of the molecule is O=C(Nc1nnc(C(F)F)s1)NC(c1ccc(Cl)cc1)C1CC1. The van der Waals surface area contributed by atoms with Crippen LogP contribution in [-0.4, -0.2) is 16.2 Å². The molecule has 1 heterocycles. The van der Waals surface area contributed by atoms with Gasteiger partial charge in [-0.1, -0.05) is 35.1 Å². The number of anilines is 1. The van der Waals surface area contributed by atoms with Gasteiger partial charge in [0.25, 0.3) is 6.43 Å². The van der Waals surface area contributed by atoms with Crippen molar-refractivity contribution in [2.24, 2.45) is 5.92 Å². The molecule has 1 aromatic heterocycles. The van der Waals surface area contributed by atoms with Gasteiger partial charge in [0.15, 0.2) is 5.01 Å². The minimum Gasteiger partial charge on any atom is -0.331 e. The van der Waals surface area contributed by atoms with E-state index < -0.39 is 17.5 Å². The molecule has 9 heteroatoms. The second-order valence-corrected chi connectivity index (χ2v) is 6.66. The lowest BCUT2D eigenvalue weighted by Crippen LogP contribution is -2.33. The molecule has 5 nitrogen and oxygen atoms in total. The van der Waals surface area contributed by atoms with Gasteiger partial charge in [-0.25, -0.2) is 13.6 Å². The molecule has 0 aliphatic heterocycles. The molecule has 1 unspecified atom stereocenters. The summed E-state index contributed by atoms with van der Waals surface area (Å²) >= 11 is 6.53. The molecule has 1 aromatic carbocycles. The number of rotatable bonds is 5. The predicted molar refractivity (Wildman–Crippen MR) is 83.9 cm³/mol. The molecular formula is C14H13ClF2N4OS. The summed E-state index contributed by atoms with van der Waals surface area (Å²) in [7, 11) is 0. The average molecular weight is 359 g/mol. The fourth-order valence-corrected chi connectivity index (χ4v) is 2.94. The molecule has 2 aromatic rings. The molecule has 2 N–H and O–H groups in total. The van der Waals surface area contributed by atoms with E-state index in [9.17, 15) is 13.6 Å². The summed E-state index contributed by atoms with van der Waals surface area (Å²) in [5.41, 5.74) is 0.956. The maximum Gasteiger partial charge on any atom is 0.321 e. The van der Waals surface area contributed by atoms with E-state index in [2.05, 4.69) is 20.8 Å². The van der Waals surface area contributed by atoms with Crippen molar-refractivity contribution in [2.75, 3.05) is 5.32 Å². The lowest BCUT2D eigenvalue weighted by Gasteiger charge is -2.18. The van der Waals surface area contributed by atoms with E-state index in [0.717, 1.165) is 18.4 Å². The number of carbonyl (C=O) groups is 1. The van der Waals surface area contributed by atoms with E-state index in [1.807, 2.05) is 12.1 Å². The van der Waals surface area contributed by atoms with Crippen molar-refractivity contribution in [3.8, 4) is 0 Å². The number of benzene rings is 1. The van der Waals surface area contributed by atoms with Crippen LogP contribution in [0.1, 0.15) is 35.9 Å². The van der Waals surface area contributed by atoms with Crippen LogP contribution >= 0.6 is 22.9 Å². The van der Waals surface area contributed by atoms with Gasteiger partial charge >= 0.3 is 6.03 Å². The van der Waals surface area contributed by atoms with Gasteiger partial charge in [-0.3, -0.25) is 5.32 Å². The highest BCUT2D eigenvalue weighted by atomic mass is 35.5. The second-order valence-electron chi connectivity index (χ2n) is 5.21. The van der Waals surface area contributed by atoms with Crippen molar-refractivity contribution in [3.05, 3.63) is 39.9 Å². The highest BCUT2D eigenvalue weighted by Crippen LogP contribution is 2.41. The Morgan fingerprint density at radius 1 is 1.26 bits per heavy atom. The number of hydrogen-bond donors (Lipinski definition) is 2. The zero-order valence-corrected chi connectivity index (χ0v) is 13.4. The first kappa shape index (κ1) is 16.1. The Kier molecular flexibility index (Phi) is 4.72. The van der Waals surface area contributed by atoms with Crippen LogP contribution in [0.2, 0.25) is 5.02 Å². The van der Waals surface area contributed by atoms with Gasteiger partial charge in [0.1, 0.15) is 0 Å². The van der Waals surface area contributed by atoms with Crippen LogP contribution in [0.25, 0.3) is 0 Å². The Morgan fingerprint density at radius 2 is 1.96 bits per heavy atom. The summed E-state index contributed by atoms with van der Waals surface area (Å²) in [4.78, 5) is 12.1. The lowest BCUT2D eigenvalue weighted by atomic mass is 10.0. The summed E-state index contributed by atoms with van der Waals surface area (Å²) < 4.78 is 24.9. The van der Waals surface area contributed by atoms with Crippen molar-refractivity contribution in [3.63, 3.8) is 0 Å². The van der Waals surface area contributed by atoms with Gasteiger partial charge in [-0.2, -0.15) is 0 Å². The molecule has 122 valence electrons. The Balaban J connectivity index is 1.65. The number of nitrogens with one attached hydrogen (secondary N) is 2. The van der Waals surface area contributed by atoms with Crippen molar-refractivity contribution >= 4 is 34.1 Å². The zero-order valence-electron chi connectivity index (χ0n) is 11.8. The first-order valence-corrected chi connectivity index (χ1v) is 8.17. The van der Waals surface area contributed by atoms with Crippen LogP contribution in [0.5, 0.6) is 0 Å². The van der Waals surface area contributed by atoms with E-state index in [-0.39, 0.29) is 11.2 Å². The maximum atomic E-state index is 12.5. The Labute approximate surface area is 140 Å². The summed E-state index contributed by atoms with van der Waals surface area (Å²) in [6, 6.07) is 6.64. The summed E-state index contributed by atoms with van der Waals surface area (Å²) in [6.45, 7) is 0. The molecule has 0 radical (unpaired) electrons. The largest absolute Gasteiger partial charge is 0.331 e. The summed E-state index contributed by atoms with van der Waals surface area (Å²) in [5, 5.41) is 12.4.